The van der Waals surface area contributed by atoms with E-state index in [1.807, 2.05) is 60.1 Å². The molecule has 26 heavy (non-hydrogen) atoms. The Bertz CT molecular complexity index is 1020. The molecule has 3 aromatic rings. The number of carboxylic acids is 1. The molecule has 0 radical (unpaired) electrons. The number of rotatable bonds is 4. The van der Waals surface area contributed by atoms with Gasteiger partial charge in [-0.25, -0.2) is 0 Å². The highest BCUT2D eigenvalue weighted by Gasteiger charge is 2.42. The fourth-order valence-corrected chi connectivity index (χ4v) is 3.81. The number of amides is 1. The second-order valence-electron chi connectivity index (χ2n) is 6.34. The van der Waals surface area contributed by atoms with Crippen LogP contribution in [0.1, 0.15) is 27.7 Å². The van der Waals surface area contributed by atoms with E-state index in [0.29, 0.717) is 11.4 Å². The summed E-state index contributed by atoms with van der Waals surface area (Å²) in [6.07, 6.45) is 0. The lowest BCUT2D eigenvalue weighted by Crippen LogP contribution is -2.34. The van der Waals surface area contributed by atoms with Gasteiger partial charge in [0.05, 0.1) is 13.2 Å². The van der Waals surface area contributed by atoms with Crippen molar-refractivity contribution >= 4 is 22.8 Å². The lowest BCUT2D eigenvalue weighted by Gasteiger charge is -2.25. The summed E-state index contributed by atoms with van der Waals surface area (Å²) in [6, 6.07) is 14.8. The van der Waals surface area contributed by atoms with Gasteiger partial charge in [0.15, 0.2) is 0 Å². The molecule has 2 aromatic carbocycles. The van der Waals surface area contributed by atoms with E-state index in [2.05, 4.69) is 0 Å². The number of para-hydroxylation sites is 1. The van der Waals surface area contributed by atoms with Crippen molar-refractivity contribution in [1.29, 1.82) is 0 Å². The minimum Gasteiger partial charge on any atom is -0.497 e. The number of benzene rings is 2. The Labute approximate surface area is 150 Å². The van der Waals surface area contributed by atoms with E-state index in [1.54, 1.807) is 7.11 Å². The first-order valence-corrected chi connectivity index (χ1v) is 8.27. The number of fused-ring (bicyclic) bond motifs is 3. The molecule has 0 unspecified atom stereocenters. The number of aromatic nitrogens is 1. The Kier molecular flexibility index (Phi) is 3.68. The molecule has 0 fully saturated rings. The normalized spacial score (nSPS) is 16.2. The highest BCUT2D eigenvalue weighted by molar-refractivity contribution is 6.06. The van der Waals surface area contributed by atoms with Crippen LogP contribution in [0.3, 0.4) is 0 Å². The predicted octanol–water partition coefficient (Wildman–Crippen LogP) is 2.82. The molecule has 1 aliphatic rings. The van der Waals surface area contributed by atoms with Crippen molar-refractivity contribution in [2.24, 2.45) is 7.05 Å². The smallest absolute Gasteiger partial charge is 0.323 e. The van der Waals surface area contributed by atoms with Crippen molar-refractivity contribution in [2.75, 3.05) is 13.7 Å². The highest BCUT2D eigenvalue weighted by Crippen LogP contribution is 2.43. The van der Waals surface area contributed by atoms with Crippen LogP contribution in [0.5, 0.6) is 5.75 Å². The van der Waals surface area contributed by atoms with Gasteiger partial charge in [0, 0.05) is 23.5 Å². The zero-order valence-electron chi connectivity index (χ0n) is 14.5. The van der Waals surface area contributed by atoms with Gasteiger partial charge < -0.3 is 19.3 Å². The zero-order valence-corrected chi connectivity index (χ0v) is 14.5. The van der Waals surface area contributed by atoms with Crippen molar-refractivity contribution in [1.82, 2.24) is 9.47 Å². The number of carbonyl (C=O) groups is 2. The van der Waals surface area contributed by atoms with Crippen LogP contribution >= 0.6 is 0 Å². The quantitative estimate of drug-likeness (QED) is 0.785. The van der Waals surface area contributed by atoms with E-state index >= 15 is 0 Å². The van der Waals surface area contributed by atoms with E-state index in [-0.39, 0.29) is 12.5 Å². The van der Waals surface area contributed by atoms with Crippen LogP contribution in [0, 0.1) is 0 Å². The van der Waals surface area contributed by atoms with Gasteiger partial charge in [-0.05, 0) is 23.8 Å². The van der Waals surface area contributed by atoms with Crippen molar-refractivity contribution in [3.63, 3.8) is 0 Å². The number of hydrogen-bond donors (Lipinski definition) is 1. The largest absolute Gasteiger partial charge is 0.497 e. The van der Waals surface area contributed by atoms with Crippen molar-refractivity contribution in [3.05, 3.63) is 65.4 Å². The summed E-state index contributed by atoms with van der Waals surface area (Å²) in [5.41, 5.74) is 3.22. The summed E-state index contributed by atoms with van der Waals surface area (Å²) in [7, 11) is 3.43. The average molecular weight is 350 g/mol. The molecular weight excluding hydrogens is 332 g/mol. The van der Waals surface area contributed by atoms with Crippen LogP contribution in [-0.2, 0) is 11.8 Å². The number of aliphatic carboxylic acids is 1. The first-order valence-electron chi connectivity index (χ1n) is 8.27. The molecule has 6 heteroatoms. The number of methoxy groups -OCH3 is 1. The SMILES string of the molecule is COc1ccc([C@H]2c3c(n(C)c4ccccc34)C(=O)N2CC(=O)O)cc1. The van der Waals surface area contributed by atoms with Crippen LogP contribution in [0.15, 0.2) is 48.5 Å². The van der Waals surface area contributed by atoms with Gasteiger partial charge in [-0.1, -0.05) is 30.3 Å². The Balaban J connectivity index is 1.95. The second kappa shape index (κ2) is 5.91. The Morgan fingerprint density at radius 3 is 2.50 bits per heavy atom. The fourth-order valence-electron chi connectivity index (χ4n) is 3.81. The second-order valence-corrected chi connectivity index (χ2v) is 6.34. The van der Waals surface area contributed by atoms with Gasteiger partial charge in [-0.3, -0.25) is 9.59 Å². The number of nitrogens with zero attached hydrogens (tertiary/aromatic N) is 2. The molecule has 1 atom stereocenters. The minimum absolute atomic E-state index is 0.262. The van der Waals surface area contributed by atoms with E-state index in [4.69, 9.17) is 4.74 Å². The van der Waals surface area contributed by atoms with E-state index in [9.17, 15) is 14.7 Å². The monoisotopic (exact) mass is 350 g/mol. The van der Waals surface area contributed by atoms with Gasteiger partial charge in [-0.2, -0.15) is 0 Å². The summed E-state index contributed by atoms with van der Waals surface area (Å²) in [5.74, 6) is -0.586. The third kappa shape index (κ3) is 2.26. The maximum absolute atomic E-state index is 13.0. The third-order valence-electron chi connectivity index (χ3n) is 4.93. The molecule has 1 N–H and O–H groups in total. The first-order chi connectivity index (χ1) is 12.5. The van der Waals surface area contributed by atoms with Crippen LogP contribution < -0.4 is 4.74 Å². The van der Waals surface area contributed by atoms with Crippen LogP contribution in [0.4, 0.5) is 0 Å². The molecule has 1 aromatic heterocycles. The Morgan fingerprint density at radius 2 is 1.85 bits per heavy atom. The van der Waals surface area contributed by atoms with Crippen molar-refractivity contribution in [3.8, 4) is 5.75 Å². The molecule has 0 spiro atoms. The highest BCUT2D eigenvalue weighted by atomic mass is 16.5. The first kappa shape index (κ1) is 16.2. The van der Waals surface area contributed by atoms with Crippen molar-refractivity contribution < 1.29 is 19.4 Å². The van der Waals surface area contributed by atoms with E-state index < -0.39 is 12.0 Å². The number of carbonyl (C=O) groups excluding carboxylic acids is 1. The van der Waals surface area contributed by atoms with Gasteiger partial charge in [0.25, 0.3) is 5.91 Å². The predicted molar refractivity (Wildman–Crippen MR) is 96.4 cm³/mol. The van der Waals surface area contributed by atoms with Crippen LogP contribution in [-0.4, -0.2) is 40.1 Å². The lowest BCUT2D eigenvalue weighted by atomic mass is 9.98. The molecule has 0 aliphatic carbocycles. The Hall–Kier alpha value is -3.28. The number of ether oxygens (including phenoxy) is 1. The molecule has 6 nitrogen and oxygen atoms in total. The molecule has 0 bridgehead atoms. The topological polar surface area (TPSA) is 71.8 Å². The molecule has 4 rings (SSSR count). The minimum atomic E-state index is -1.03. The maximum atomic E-state index is 13.0. The van der Waals surface area contributed by atoms with Crippen LogP contribution in [0.25, 0.3) is 10.9 Å². The molecule has 0 saturated carbocycles. The zero-order chi connectivity index (χ0) is 18.4. The molecule has 132 valence electrons. The number of hydrogen-bond acceptors (Lipinski definition) is 3. The third-order valence-corrected chi connectivity index (χ3v) is 4.93. The number of aryl methyl sites for hydroxylation is 1. The molecule has 1 aliphatic heterocycles. The van der Waals surface area contributed by atoms with E-state index in [1.165, 1.54) is 4.90 Å². The van der Waals surface area contributed by atoms with Crippen LogP contribution in [0.2, 0.25) is 0 Å². The Morgan fingerprint density at radius 1 is 1.15 bits per heavy atom. The van der Waals surface area contributed by atoms with Gasteiger partial charge in [0.1, 0.15) is 18.0 Å². The summed E-state index contributed by atoms with van der Waals surface area (Å²) >= 11 is 0. The molecular formula is C20H18N2O4. The van der Waals surface area contributed by atoms with E-state index in [0.717, 1.165) is 22.0 Å². The standard InChI is InChI=1S/C20H18N2O4/c1-21-15-6-4-3-5-14(15)17-18(12-7-9-13(26-2)10-8-12)22(11-16(23)24)20(25)19(17)21/h3-10,18H,11H2,1-2H3,(H,23,24)/t18-/m0/s1. The molecule has 2 heterocycles. The summed E-state index contributed by atoms with van der Waals surface area (Å²) < 4.78 is 7.06. The van der Waals surface area contributed by atoms with Gasteiger partial charge >= 0.3 is 5.97 Å². The van der Waals surface area contributed by atoms with Crippen molar-refractivity contribution in [2.45, 2.75) is 6.04 Å². The summed E-state index contributed by atoms with van der Waals surface area (Å²) in [6.45, 7) is -0.349. The molecule has 0 saturated heterocycles. The maximum Gasteiger partial charge on any atom is 0.323 e. The lowest BCUT2D eigenvalue weighted by molar-refractivity contribution is -0.138. The molecule has 1 amide bonds. The average Bonchev–Trinajstić information content (AvgIpc) is 3.09. The fraction of sp³-hybridized carbons (Fsp3) is 0.200. The summed E-state index contributed by atoms with van der Waals surface area (Å²) in [5, 5.41) is 10.3. The van der Waals surface area contributed by atoms with Gasteiger partial charge in [-0.15, -0.1) is 0 Å². The summed E-state index contributed by atoms with van der Waals surface area (Å²) in [4.78, 5) is 25.8. The van der Waals surface area contributed by atoms with Gasteiger partial charge in [0.2, 0.25) is 0 Å². The number of carboxylic acid groups (broad SMARTS) is 1.